The molecule has 0 spiro atoms. The number of amides is 1. The highest BCUT2D eigenvalue weighted by Gasteiger charge is 2.29. The average Bonchev–Trinajstić information content (AvgIpc) is 3.30. The molecule has 10 heteroatoms. The molecule has 1 unspecified atom stereocenters. The number of non-ortho nitro benzene ring substituents is 1. The first-order chi connectivity index (χ1) is 15.9. The Morgan fingerprint density at radius 3 is 2.45 bits per heavy atom. The number of nitro benzene ring substituents is 1. The normalized spacial score (nSPS) is 14.7. The molecule has 0 fully saturated rings. The molecule has 1 aliphatic heterocycles. The molecular formula is C23H18FN3O6. The molecule has 4 rings (SSSR count). The van der Waals surface area contributed by atoms with Crippen molar-refractivity contribution in [1.29, 1.82) is 0 Å². The zero-order chi connectivity index (χ0) is 23.4. The van der Waals surface area contributed by atoms with Crippen LogP contribution in [-0.2, 0) is 9.63 Å². The summed E-state index contributed by atoms with van der Waals surface area (Å²) < 4.78 is 23.9. The van der Waals surface area contributed by atoms with Gasteiger partial charge in [0.1, 0.15) is 23.1 Å². The van der Waals surface area contributed by atoms with Crippen LogP contribution in [0.4, 0.5) is 15.8 Å². The van der Waals surface area contributed by atoms with E-state index in [1.54, 1.807) is 36.4 Å². The van der Waals surface area contributed by atoms with E-state index in [4.69, 9.17) is 14.3 Å². The molecule has 3 aromatic rings. The molecule has 0 saturated heterocycles. The predicted molar refractivity (Wildman–Crippen MR) is 117 cm³/mol. The number of nitro groups is 1. The van der Waals surface area contributed by atoms with E-state index in [-0.39, 0.29) is 29.4 Å². The van der Waals surface area contributed by atoms with Gasteiger partial charge in [-0.1, -0.05) is 17.3 Å². The standard InChI is InChI=1S/C23H18FN3O6/c1-31-18-6-8-19(9-7-18)32-20-11-16(10-17(12-20)27(29)30)25-23(28)22-13-21(26-33-22)14-2-4-15(24)5-3-14/h2-12,22H,13H2,1H3,(H,25,28). The van der Waals surface area contributed by atoms with Gasteiger partial charge in [-0.25, -0.2) is 4.39 Å². The number of methoxy groups -OCH3 is 1. The minimum Gasteiger partial charge on any atom is -0.497 e. The molecular weight excluding hydrogens is 433 g/mol. The highest BCUT2D eigenvalue weighted by molar-refractivity contribution is 6.06. The molecule has 0 aromatic heterocycles. The summed E-state index contributed by atoms with van der Waals surface area (Å²) in [6, 6.07) is 16.3. The second-order valence-corrected chi connectivity index (χ2v) is 7.08. The van der Waals surface area contributed by atoms with E-state index in [1.165, 1.54) is 37.4 Å². The topological polar surface area (TPSA) is 112 Å². The summed E-state index contributed by atoms with van der Waals surface area (Å²) in [6.07, 6.45) is -0.767. The highest BCUT2D eigenvalue weighted by Crippen LogP contribution is 2.31. The van der Waals surface area contributed by atoms with Crippen molar-refractivity contribution in [3.63, 3.8) is 0 Å². The van der Waals surface area contributed by atoms with E-state index in [2.05, 4.69) is 10.5 Å². The second kappa shape index (κ2) is 9.35. The Morgan fingerprint density at radius 2 is 1.79 bits per heavy atom. The van der Waals surface area contributed by atoms with Crippen LogP contribution >= 0.6 is 0 Å². The molecule has 1 aliphatic rings. The third kappa shape index (κ3) is 5.24. The Morgan fingerprint density at radius 1 is 1.09 bits per heavy atom. The van der Waals surface area contributed by atoms with E-state index in [0.717, 1.165) is 0 Å². The first kappa shape index (κ1) is 21.8. The Hall–Kier alpha value is -4.47. The minimum absolute atomic E-state index is 0.163. The Labute approximate surface area is 187 Å². The fourth-order valence-corrected chi connectivity index (χ4v) is 3.15. The Bertz CT molecular complexity index is 1210. The monoisotopic (exact) mass is 451 g/mol. The van der Waals surface area contributed by atoms with Crippen LogP contribution in [-0.4, -0.2) is 29.8 Å². The molecule has 0 bridgehead atoms. The van der Waals surface area contributed by atoms with E-state index >= 15 is 0 Å². The van der Waals surface area contributed by atoms with E-state index in [0.29, 0.717) is 22.8 Å². The SMILES string of the molecule is COc1ccc(Oc2cc(NC(=O)C3CC(c4ccc(F)cc4)=NO3)cc([N+](=O)[O-])c2)cc1. The van der Waals surface area contributed by atoms with Crippen molar-refractivity contribution in [2.45, 2.75) is 12.5 Å². The van der Waals surface area contributed by atoms with Crippen LogP contribution in [0.2, 0.25) is 0 Å². The van der Waals surface area contributed by atoms with Gasteiger partial charge in [0.2, 0.25) is 6.10 Å². The first-order valence-corrected chi connectivity index (χ1v) is 9.82. The number of nitrogens with zero attached hydrogens (tertiary/aromatic N) is 2. The summed E-state index contributed by atoms with van der Waals surface area (Å²) in [5.41, 5.74) is 1.04. The maximum absolute atomic E-state index is 13.1. The van der Waals surface area contributed by atoms with Gasteiger partial charge in [0, 0.05) is 18.6 Å². The zero-order valence-electron chi connectivity index (χ0n) is 17.4. The number of halogens is 1. The number of hydrogen-bond acceptors (Lipinski definition) is 7. The number of hydrogen-bond donors (Lipinski definition) is 1. The lowest BCUT2D eigenvalue weighted by Gasteiger charge is -2.12. The Kier molecular flexibility index (Phi) is 6.16. The van der Waals surface area contributed by atoms with Crippen molar-refractivity contribution >= 4 is 23.0 Å². The van der Waals surface area contributed by atoms with Crippen LogP contribution in [0, 0.1) is 15.9 Å². The number of nitrogens with one attached hydrogen (secondary N) is 1. The largest absolute Gasteiger partial charge is 0.497 e. The smallest absolute Gasteiger partial charge is 0.275 e. The first-order valence-electron chi connectivity index (χ1n) is 9.82. The molecule has 1 amide bonds. The molecule has 168 valence electrons. The third-order valence-electron chi connectivity index (χ3n) is 4.80. The molecule has 33 heavy (non-hydrogen) atoms. The second-order valence-electron chi connectivity index (χ2n) is 7.08. The quantitative estimate of drug-likeness (QED) is 0.413. The van der Waals surface area contributed by atoms with Gasteiger partial charge in [-0.3, -0.25) is 14.9 Å². The third-order valence-corrected chi connectivity index (χ3v) is 4.80. The van der Waals surface area contributed by atoms with E-state index in [1.807, 2.05) is 0 Å². The minimum atomic E-state index is -0.935. The fraction of sp³-hybridized carbons (Fsp3) is 0.130. The van der Waals surface area contributed by atoms with Crippen molar-refractivity contribution in [3.8, 4) is 17.2 Å². The molecule has 0 saturated carbocycles. The zero-order valence-corrected chi connectivity index (χ0v) is 17.4. The number of benzene rings is 3. The number of carbonyl (C=O) groups is 1. The van der Waals surface area contributed by atoms with Crippen molar-refractivity contribution in [2.75, 3.05) is 12.4 Å². The molecule has 0 radical (unpaired) electrons. The van der Waals surface area contributed by atoms with Gasteiger partial charge in [0.25, 0.3) is 11.6 Å². The molecule has 9 nitrogen and oxygen atoms in total. The van der Waals surface area contributed by atoms with Gasteiger partial charge in [0.15, 0.2) is 0 Å². The van der Waals surface area contributed by atoms with Crippen molar-refractivity contribution in [2.24, 2.45) is 5.16 Å². The van der Waals surface area contributed by atoms with Gasteiger partial charge < -0.3 is 19.6 Å². The lowest BCUT2D eigenvalue weighted by Crippen LogP contribution is -2.28. The van der Waals surface area contributed by atoms with Gasteiger partial charge in [-0.15, -0.1) is 0 Å². The van der Waals surface area contributed by atoms with Gasteiger partial charge in [-0.05, 0) is 42.0 Å². The summed E-state index contributed by atoms with van der Waals surface area (Å²) in [5, 5.41) is 17.9. The lowest BCUT2D eigenvalue weighted by molar-refractivity contribution is -0.384. The fourth-order valence-electron chi connectivity index (χ4n) is 3.15. The molecule has 0 aliphatic carbocycles. The number of anilines is 1. The van der Waals surface area contributed by atoms with E-state index < -0.39 is 16.9 Å². The number of oxime groups is 1. The van der Waals surface area contributed by atoms with Crippen LogP contribution in [0.3, 0.4) is 0 Å². The van der Waals surface area contributed by atoms with Crippen LogP contribution in [0.15, 0.2) is 71.9 Å². The summed E-state index contributed by atoms with van der Waals surface area (Å²) in [7, 11) is 1.53. The number of rotatable bonds is 7. The van der Waals surface area contributed by atoms with Crippen LogP contribution in [0.5, 0.6) is 17.2 Å². The molecule has 1 atom stereocenters. The summed E-state index contributed by atoms with van der Waals surface area (Å²) in [4.78, 5) is 28.7. The van der Waals surface area contributed by atoms with Crippen molar-refractivity contribution in [3.05, 3.63) is 88.2 Å². The predicted octanol–water partition coefficient (Wildman–Crippen LogP) is 4.67. The maximum Gasteiger partial charge on any atom is 0.275 e. The summed E-state index contributed by atoms with van der Waals surface area (Å²) in [5.74, 6) is 0.316. The Balaban J connectivity index is 1.47. The number of carbonyl (C=O) groups excluding carboxylic acids is 1. The molecule has 3 aromatic carbocycles. The maximum atomic E-state index is 13.1. The van der Waals surface area contributed by atoms with Crippen molar-refractivity contribution in [1.82, 2.24) is 0 Å². The number of ether oxygens (including phenoxy) is 2. The summed E-state index contributed by atoms with van der Waals surface area (Å²) in [6.45, 7) is 0. The van der Waals surface area contributed by atoms with Crippen LogP contribution < -0.4 is 14.8 Å². The van der Waals surface area contributed by atoms with Crippen LogP contribution in [0.25, 0.3) is 0 Å². The molecule has 1 N–H and O–H groups in total. The highest BCUT2D eigenvalue weighted by atomic mass is 19.1. The van der Waals surface area contributed by atoms with Gasteiger partial charge in [-0.2, -0.15) is 0 Å². The van der Waals surface area contributed by atoms with Crippen LogP contribution in [0.1, 0.15) is 12.0 Å². The van der Waals surface area contributed by atoms with Gasteiger partial charge in [0.05, 0.1) is 29.5 Å². The average molecular weight is 451 g/mol. The lowest BCUT2D eigenvalue weighted by atomic mass is 10.0. The van der Waals surface area contributed by atoms with Crippen molar-refractivity contribution < 1.29 is 28.4 Å². The van der Waals surface area contributed by atoms with E-state index in [9.17, 15) is 19.3 Å². The molecule has 1 heterocycles. The van der Waals surface area contributed by atoms with Gasteiger partial charge >= 0.3 is 0 Å². The summed E-state index contributed by atoms with van der Waals surface area (Å²) >= 11 is 0.